The third kappa shape index (κ3) is 3.54. The largest absolute Gasteiger partial charge is 0.497 e. The van der Waals surface area contributed by atoms with Gasteiger partial charge in [-0.2, -0.15) is 9.36 Å². The maximum atomic E-state index is 5.33. The highest BCUT2D eigenvalue weighted by Crippen LogP contribution is 2.41. The second-order valence-corrected chi connectivity index (χ2v) is 10.2. The van der Waals surface area contributed by atoms with Crippen LogP contribution in [0.25, 0.3) is 0 Å². The summed E-state index contributed by atoms with van der Waals surface area (Å²) in [4.78, 5) is 7.55. The maximum absolute atomic E-state index is 5.33. The number of rotatable bonds is 5. The Hall–Kier alpha value is -2.61. The zero-order chi connectivity index (χ0) is 21.7. The van der Waals surface area contributed by atoms with Crippen LogP contribution in [-0.2, 0) is 6.54 Å². The standard InChI is InChI=1S/C24H30N6OS/c1-15-12-21(32-28-15)29-13-17-5-6-18(14-29)22(17)25-24-26-23-20(4-3-11-30(23)27-24)16-7-9-19(31-2)10-8-16/h7-10,12,17-18,20,22H,3-6,11,13-14H2,1-2H3,(H,25,27). The molecule has 32 heavy (non-hydrogen) atoms. The lowest BCUT2D eigenvalue weighted by Gasteiger charge is -2.38. The first-order chi connectivity index (χ1) is 15.7. The zero-order valence-electron chi connectivity index (χ0n) is 18.7. The zero-order valence-corrected chi connectivity index (χ0v) is 19.5. The van der Waals surface area contributed by atoms with Gasteiger partial charge in [0.1, 0.15) is 16.6 Å². The van der Waals surface area contributed by atoms with Crippen LogP contribution in [0.2, 0.25) is 0 Å². The van der Waals surface area contributed by atoms with E-state index in [2.05, 4.69) is 44.4 Å². The Morgan fingerprint density at radius 3 is 2.56 bits per heavy atom. The van der Waals surface area contributed by atoms with Gasteiger partial charge in [-0.3, -0.25) is 0 Å². The lowest BCUT2D eigenvalue weighted by molar-refractivity contribution is 0.377. The number of benzene rings is 1. The van der Waals surface area contributed by atoms with Crippen LogP contribution >= 0.6 is 11.5 Å². The van der Waals surface area contributed by atoms with E-state index < -0.39 is 0 Å². The fourth-order valence-electron chi connectivity index (χ4n) is 5.85. The van der Waals surface area contributed by atoms with Crippen molar-refractivity contribution in [2.75, 3.05) is 30.4 Å². The van der Waals surface area contributed by atoms with Gasteiger partial charge in [-0.05, 0) is 79.7 Å². The van der Waals surface area contributed by atoms with Gasteiger partial charge in [0.05, 0.1) is 12.8 Å². The molecule has 168 valence electrons. The predicted octanol–water partition coefficient (Wildman–Crippen LogP) is 4.30. The molecule has 3 aromatic rings. The number of ether oxygens (including phenoxy) is 1. The van der Waals surface area contributed by atoms with Crippen molar-refractivity contribution < 1.29 is 4.74 Å². The first kappa shape index (κ1) is 20.0. The summed E-state index contributed by atoms with van der Waals surface area (Å²) in [7, 11) is 1.71. The Bertz CT molecular complexity index is 1080. The summed E-state index contributed by atoms with van der Waals surface area (Å²) in [5.74, 6) is 4.36. The highest BCUT2D eigenvalue weighted by atomic mass is 32.1. The van der Waals surface area contributed by atoms with Crippen LogP contribution in [0.5, 0.6) is 5.75 Å². The minimum Gasteiger partial charge on any atom is -0.497 e. The summed E-state index contributed by atoms with van der Waals surface area (Å²) >= 11 is 1.63. The van der Waals surface area contributed by atoms with Crippen molar-refractivity contribution in [3.8, 4) is 5.75 Å². The Kier molecular flexibility index (Phi) is 5.05. The quantitative estimate of drug-likeness (QED) is 0.625. The number of nitrogens with one attached hydrogen (secondary N) is 1. The molecule has 3 aliphatic rings. The lowest BCUT2D eigenvalue weighted by Crippen LogP contribution is -2.48. The van der Waals surface area contributed by atoms with Crippen LogP contribution in [0.1, 0.15) is 48.7 Å². The van der Waals surface area contributed by atoms with Crippen molar-refractivity contribution >= 4 is 22.5 Å². The third-order valence-corrected chi connectivity index (χ3v) is 8.39. The maximum Gasteiger partial charge on any atom is 0.242 e. The monoisotopic (exact) mass is 450 g/mol. The van der Waals surface area contributed by atoms with Gasteiger partial charge >= 0.3 is 0 Å². The van der Waals surface area contributed by atoms with Gasteiger partial charge in [-0.15, -0.1) is 5.10 Å². The van der Waals surface area contributed by atoms with E-state index in [9.17, 15) is 0 Å². The molecule has 1 aromatic carbocycles. The second kappa shape index (κ2) is 8.06. The molecule has 0 spiro atoms. The molecule has 0 amide bonds. The number of nitrogens with zero attached hydrogens (tertiary/aromatic N) is 5. The van der Waals surface area contributed by atoms with E-state index in [4.69, 9.17) is 14.8 Å². The van der Waals surface area contributed by atoms with Gasteiger partial charge < -0.3 is 15.0 Å². The molecular formula is C24H30N6OS. The number of piperidine rings is 1. The molecule has 1 saturated carbocycles. The number of aryl methyl sites for hydroxylation is 2. The highest BCUT2D eigenvalue weighted by Gasteiger charge is 2.43. The smallest absolute Gasteiger partial charge is 0.242 e. The van der Waals surface area contributed by atoms with Crippen LogP contribution in [0.4, 0.5) is 10.9 Å². The fraction of sp³-hybridized carbons (Fsp3) is 0.542. The van der Waals surface area contributed by atoms with Crippen molar-refractivity contribution in [2.45, 2.75) is 51.1 Å². The first-order valence-electron chi connectivity index (χ1n) is 11.7. The number of hydrogen-bond donors (Lipinski definition) is 1. The molecule has 1 N–H and O–H groups in total. The van der Waals surface area contributed by atoms with Crippen LogP contribution in [0.15, 0.2) is 30.3 Å². The normalized spacial score (nSPS) is 26.8. The molecule has 3 atom stereocenters. The minimum atomic E-state index is 0.297. The van der Waals surface area contributed by atoms with Gasteiger partial charge in [-0.1, -0.05) is 12.1 Å². The van der Waals surface area contributed by atoms with E-state index >= 15 is 0 Å². The average molecular weight is 451 g/mol. The summed E-state index contributed by atoms with van der Waals surface area (Å²) in [6.45, 7) is 5.22. The summed E-state index contributed by atoms with van der Waals surface area (Å²) in [6, 6.07) is 11.1. The van der Waals surface area contributed by atoms with Crippen LogP contribution in [-0.4, -0.2) is 45.4 Å². The Morgan fingerprint density at radius 2 is 1.88 bits per heavy atom. The second-order valence-electron chi connectivity index (χ2n) is 9.46. The summed E-state index contributed by atoms with van der Waals surface area (Å²) < 4.78 is 11.9. The number of hydrogen-bond acceptors (Lipinski definition) is 7. The number of fused-ring (bicyclic) bond motifs is 3. The lowest BCUT2D eigenvalue weighted by atomic mass is 9.91. The van der Waals surface area contributed by atoms with Crippen molar-refractivity contribution in [1.82, 2.24) is 19.1 Å². The molecule has 4 heterocycles. The van der Waals surface area contributed by atoms with Crippen molar-refractivity contribution in [1.29, 1.82) is 0 Å². The molecule has 7 nitrogen and oxygen atoms in total. The highest BCUT2D eigenvalue weighted by molar-refractivity contribution is 7.10. The topological polar surface area (TPSA) is 68.1 Å². The Morgan fingerprint density at radius 1 is 1.09 bits per heavy atom. The van der Waals surface area contributed by atoms with Gasteiger partial charge in [0, 0.05) is 31.6 Å². The number of methoxy groups -OCH3 is 1. The first-order valence-corrected chi connectivity index (χ1v) is 12.5. The molecule has 2 bridgehead atoms. The van der Waals surface area contributed by atoms with E-state index in [1.807, 2.05) is 12.1 Å². The molecule has 2 aromatic heterocycles. The SMILES string of the molecule is COc1ccc(C2CCCn3nc(NC4C5CCC4CN(c4cc(C)ns4)C5)nc32)cc1. The van der Waals surface area contributed by atoms with Gasteiger partial charge in [0.25, 0.3) is 0 Å². The van der Waals surface area contributed by atoms with Crippen molar-refractivity contribution in [3.05, 3.63) is 47.4 Å². The minimum absolute atomic E-state index is 0.297. The average Bonchev–Trinajstić information content (AvgIpc) is 3.49. The molecule has 1 aliphatic carbocycles. The molecule has 0 radical (unpaired) electrons. The summed E-state index contributed by atoms with van der Waals surface area (Å²) in [5.41, 5.74) is 2.41. The molecule has 6 rings (SSSR count). The molecule has 8 heteroatoms. The third-order valence-electron chi connectivity index (χ3n) is 7.45. The van der Waals surface area contributed by atoms with Gasteiger partial charge in [0.2, 0.25) is 5.95 Å². The van der Waals surface area contributed by atoms with Gasteiger partial charge in [-0.25, -0.2) is 4.68 Å². The number of anilines is 2. The van der Waals surface area contributed by atoms with E-state index in [0.29, 0.717) is 23.8 Å². The van der Waals surface area contributed by atoms with Gasteiger partial charge in [0.15, 0.2) is 0 Å². The van der Waals surface area contributed by atoms with Crippen LogP contribution in [0, 0.1) is 18.8 Å². The predicted molar refractivity (Wildman–Crippen MR) is 127 cm³/mol. The van der Waals surface area contributed by atoms with Crippen LogP contribution in [0.3, 0.4) is 0 Å². The Labute approximate surface area is 193 Å². The van der Waals surface area contributed by atoms with E-state index in [0.717, 1.165) is 55.7 Å². The Balaban J connectivity index is 1.19. The van der Waals surface area contributed by atoms with E-state index in [1.165, 1.54) is 23.4 Å². The number of aromatic nitrogens is 4. The molecule has 1 saturated heterocycles. The van der Waals surface area contributed by atoms with Crippen molar-refractivity contribution in [3.63, 3.8) is 0 Å². The molecule has 3 unspecified atom stereocenters. The van der Waals surface area contributed by atoms with Crippen molar-refractivity contribution in [2.24, 2.45) is 11.8 Å². The summed E-state index contributed by atoms with van der Waals surface area (Å²) in [6.07, 6.45) is 4.80. The van der Waals surface area contributed by atoms with Crippen LogP contribution < -0.4 is 15.0 Å². The van der Waals surface area contributed by atoms with E-state index in [-0.39, 0.29) is 0 Å². The molecule has 2 fully saturated rings. The fourth-order valence-corrected chi connectivity index (χ4v) is 6.63. The molecule has 2 aliphatic heterocycles. The summed E-state index contributed by atoms with van der Waals surface area (Å²) in [5, 5.41) is 9.96. The molecular weight excluding hydrogens is 420 g/mol. The van der Waals surface area contributed by atoms with E-state index in [1.54, 1.807) is 18.6 Å².